The number of nitrogens with two attached hydrogens (primary N) is 3. The highest BCUT2D eigenvalue weighted by atomic mass is 16.6. The molecule has 79 heavy (non-hydrogen) atoms. The number of carbonyl (C=O) groups is 6. The van der Waals surface area contributed by atoms with E-state index in [1.807, 2.05) is 44.0 Å². The van der Waals surface area contributed by atoms with Gasteiger partial charge in [-0.2, -0.15) is 4.98 Å². The van der Waals surface area contributed by atoms with Crippen LogP contribution in [0.5, 0.6) is 6.01 Å². The van der Waals surface area contributed by atoms with Crippen molar-refractivity contribution in [1.29, 1.82) is 0 Å². The number of allylic oxidation sites excluding steroid dienone is 3. The minimum atomic E-state index is -0.405. The number of aryl methyl sites for hydroxylation is 2. The third kappa shape index (κ3) is 66.5. The van der Waals surface area contributed by atoms with Crippen molar-refractivity contribution in [3.8, 4) is 6.01 Å². The summed E-state index contributed by atoms with van der Waals surface area (Å²) in [5.41, 5.74) is 15.8. The maximum atomic E-state index is 10.8. The quantitative estimate of drug-likeness (QED) is 0.0371. The lowest BCUT2D eigenvalue weighted by molar-refractivity contribution is -0.118. The maximum Gasteiger partial charge on any atom is 0.316 e. The van der Waals surface area contributed by atoms with E-state index in [4.69, 9.17) is 15.3 Å². The first-order valence-corrected chi connectivity index (χ1v) is 27.6. The molecule has 0 spiro atoms. The minimum Gasteiger partial charge on any atom is -0.467 e. The molecule has 0 bridgehead atoms. The van der Waals surface area contributed by atoms with E-state index in [2.05, 4.69) is 175 Å². The van der Waals surface area contributed by atoms with Gasteiger partial charge < -0.3 is 51.4 Å². The summed E-state index contributed by atoms with van der Waals surface area (Å²) in [5.74, 6) is 5.76. The lowest BCUT2D eigenvalue weighted by Gasteiger charge is -2.18. The molecule has 1 aromatic heterocycles. The highest BCUT2D eigenvalue weighted by molar-refractivity contribution is 5.78. The largest absolute Gasteiger partial charge is 0.467 e. The third-order valence-electron chi connectivity index (χ3n) is 9.79. The van der Waals surface area contributed by atoms with Crippen LogP contribution in [-0.4, -0.2) is 119 Å². The van der Waals surface area contributed by atoms with Crippen LogP contribution >= 0.6 is 0 Å². The number of nitrogens with zero attached hydrogens (tertiary/aromatic N) is 3. The number of ether oxygens (including phenoxy) is 1. The molecule has 1 aliphatic carbocycles. The molecule has 17 heteroatoms. The summed E-state index contributed by atoms with van der Waals surface area (Å²) >= 11 is 0. The molecule has 1 heterocycles. The number of aldehydes is 3. The first-order chi connectivity index (χ1) is 37.3. The van der Waals surface area contributed by atoms with Crippen molar-refractivity contribution in [2.45, 2.75) is 186 Å². The molecule has 9 N–H and O–H groups in total. The van der Waals surface area contributed by atoms with E-state index in [1.165, 1.54) is 68.5 Å². The van der Waals surface area contributed by atoms with E-state index in [0.29, 0.717) is 56.0 Å². The first-order valence-electron chi connectivity index (χ1n) is 27.6. The summed E-state index contributed by atoms with van der Waals surface area (Å²) in [4.78, 5) is 74.1. The maximum absolute atomic E-state index is 10.8. The van der Waals surface area contributed by atoms with Crippen LogP contribution in [0.3, 0.4) is 0 Å². The fourth-order valence-corrected chi connectivity index (χ4v) is 5.93. The Labute approximate surface area is 480 Å². The summed E-state index contributed by atoms with van der Waals surface area (Å²) in [5, 5.41) is 8.98. The highest BCUT2D eigenvalue weighted by Gasteiger charge is 2.20. The van der Waals surface area contributed by atoms with Crippen LogP contribution in [0.2, 0.25) is 0 Å². The van der Waals surface area contributed by atoms with Gasteiger partial charge in [-0.1, -0.05) is 156 Å². The molecular weight excluding hydrogens is 999 g/mol. The van der Waals surface area contributed by atoms with Crippen molar-refractivity contribution in [3.63, 3.8) is 0 Å². The summed E-state index contributed by atoms with van der Waals surface area (Å²) < 4.78 is 4.93. The molecule has 1 fully saturated rings. The zero-order chi connectivity index (χ0) is 62.6. The zero-order valence-electron chi connectivity index (χ0n) is 53.1. The first kappa shape index (κ1) is 87.1. The molecule has 3 aromatic rings. The number of methoxy groups -OCH3 is 1. The van der Waals surface area contributed by atoms with Crippen molar-refractivity contribution in [2.24, 2.45) is 34.6 Å². The van der Waals surface area contributed by atoms with Crippen molar-refractivity contribution in [1.82, 2.24) is 30.8 Å². The highest BCUT2D eigenvalue weighted by Crippen LogP contribution is 2.28. The van der Waals surface area contributed by atoms with Gasteiger partial charge in [0.15, 0.2) is 0 Å². The minimum absolute atomic E-state index is 0.0862. The van der Waals surface area contributed by atoms with E-state index in [0.717, 1.165) is 61.1 Å². The second-order valence-corrected chi connectivity index (χ2v) is 20.1. The zero-order valence-corrected chi connectivity index (χ0v) is 53.1. The van der Waals surface area contributed by atoms with Gasteiger partial charge in [0.05, 0.1) is 38.4 Å². The van der Waals surface area contributed by atoms with Crippen LogP contribution in [0.15, 0.2) is 67.4 Å². The Bertz CT molecular complexity index is 1910. The average Bonchev–Trinajstić information content (AvgIpc) is 3.93. The number of hydrogen-bond acceptors (Lipinski definition) is 14. The lowest BCUT2D eigenvalue weighted by Crippen LogP contribution is -2.37. The van der Waals surface area contributed by atoms with E-state index >= 15 is 0 Å². The molecule has 2 atom stereocenters. The SMILES string of the molecule is C/C=C(/C)c1ccccc1C.C=CC(C)(C)C.CC(C)C.CC(C)N[C@H](C=O)CC1CCCC1.CCC.CCCC(N)=O.CN.CN(CC=O)CCC[C@@H](C=O)NC=O.CNC=O.CON.COc1ncc2cc(C)ccc2n1. The predicted molar refractivity (Wildman–Crippen MR) is 335 cm³/mol. The second kappa shape index (κ2) is 63.1. The van der Waals surface area contributed by atoms with Crippen molar-refractivity contribution >= 4 is 54.1 Å². The normalized spacial score (nSPS) is 11.6. The second-order valence-electron chi connectivity index (χ2n) is 20.1. The van der Waals surface area contributed by atoms with Gasteiger partial charge in [-0.25, -0.2) is 10.9 Å². The van der Waals surface area contributed by atoms with E-state index in [-0.39, 0.29) is 11.9 Å². The van der Waals surface area contributed by atoms with Gasteiger partial charge in [-0.05, 0) is 120 Å². The summed E-state index contributed by atoms with van der Waals surface area (Å²) in [7, 11) is 7.86. The van der Waals surface area contributed by atoms with Crippen molar-refractivity contribution in [3.05, 3.63) is 84.1 Å². The smallest absolute Gasteiger partial charge is 0.316 e. The number of hydrogen-bond donors (Lipinski definition) is 6. The molecular formula is C62H115N9O8. The Morgan fingerprint density at radius 3 is 1.78 bits per heavy atom. The number of amides is 3. The summed E-state index contributed by atoms with van der Waals surface area (Å²) in [6, 6.07) is 15.0. The lowest BCUT2D eigenvalue weighted by atomic mass is 9.98. The fraction of sp³-hybridized carbons (Fsp3) is 0.613. The van der Waals surface area contributed by atoms with E-state index < -0.39 is 6.04 Å². The molecule has 0 radical (unpaired) electrons. The standard InChI is InChI=1S/C11H21NO.C11H14.C10H10N2O.C9H16N2O3.C6H12.C4H9NO.C4H10.C3H8.C2H5NO.CH5NO.CH5N/c1-9(2)12-11(8-13)7-10-5-3-4-6-10;1-4-9(2)11-8-6-5-7-10(11)3;1-7-3-4-9-8(5-7)6-11-10(12-9)13-2;1-11(5-6-12)4-2-3-9(7-13)10-8-14;1-5-6(2,3)4;1-2-3-4(5)6;1-4(2)3;1-3-2;1-3-2-4;1-3-2;1-2/h8-12H,3-7H2,1-2H3;4-8H,1-3H3;3-6H,1-2H3;6-9H,2-5H2,1H3,(H,10,14);5H,1H2,2-4H3;2-3H2,1H3,(H2,5,6);4H,1-3H3;3H2,1-2H3;2H,1H3,(H,3,4);2H2,1H3;2H2,1H3/b;9-4-;;;;;;;;;/t11-;;;9-;;;;;;;/m0..0......./s1. The Morgan fingerprint density at radius 2 is 1.42 bits per heavy atom. The molecule has 0 saturated heterocycles. The van der Waals surface area contributed by atoms with Crippen molar-refractivity contribution < 1.29 is 38.3 Å². The summed E-state index contributed by atoms with van der Waals surface area (Å²) in [6.45, 7) is 36.4. The number of fused-ring (bicyclic) bond motifs is 1. The molecule has 456 valence electrons. The average molecular weight is 1110 g/mol. The van der Waals surface area contributed by atoms with Crippen molar-refractivity contribution in [2.75, 3.05) is 48.5 Å². The van der Waals surface area contributed by atoms with Crippen LogP contribution in [0.1, 0.15) is 171 Å². The topological polar surface area (TPSA) is 264 Å². The molecule has 0 unspecified atom stereocenters. The van der Waals surface area contributed by atoms with E-state index in [9.17, 15) is 24.0 Å². The number of rotatable bonds is 19. The van der Waals surface area contributed by atoms with Crippen LogP contribution in [0, 0.1) is 31.1 Å². The predicted octanol–water partition coefficient (Wildman–Crippen LogP) is 10.7. The molecule has 0 aliphatic heterocycles. The Balaban J connectivity index is -0.000000152. The third-order valence-corrected chi connectivity index (χ3v) is 9.79. The summed E-state index contributed by atoms with van der Waals surface area (Å²) in [6.07, 6.45) is 20.0. The van der Waals surface area contributed by atoms with Crippen LogP contribution in [0.4, 0.5) is 0 Å². The molecule has 3 amide bonds. The number of benzene rings is 2. The Kier molecular flexibility index (Phi) is 69.6. The fourth-order valence-electron chi connectivity index (χ4n) is 5.93. The van der Waals surface area contributed by atoms with Gasteiger partial charge in [0.25, 0.3) is 0 Å². The number of nitrogens with one attached hydrogen (secondary N) is 3. The van der Waals surface area contributed by atoms with Crippen LogP contribution in [0.25, 0.3) is 16.5 Å². The monoisotopic (exact) mass is 1110 g/mol. The van der Waals surface area contributed by atoms with Gasteiger partial charge >= 0.3 is 6.01 Å². The Hall–Kier alpha value is -5.72. The number of aromatic nitrogens is 2. The molecule has 1 aliphatic rings. The molecule has 17 nitrogen and oxygen atoms in total. The van der Waals surface area contributed by atoms with Gasteiger partial charge in [-0.15, -0.1) is 6.58 Å². The Morgan fingerprint density at radius 1 is 0.911 bits per heavy atom. The van der Waals surface area contributed by atoms with Gasteiger partial charge in [-0.3, -0.25) is 19.3 Å². The molecule has 2 aromatic carbocycles. The number of carbonyl (C=O) groups excluding carboxylic acids is 6. The van der Waals surface area contributed by atoms with Gasteiger partial charge in [0.1, 0.15) is 18.9 Å². The van der Waals surface area contributed by atoms with Gasteiger partial charge in [0.2, 0.25) is 18.7 Å². The van der Waals surface area contributed by atoms with E-state index in [1.54, 1.807) is 20.4 Å². The van der Waals surface area contributed by atoms with Gasteiger partial charge in [0, 0.05) is 31.1 Å². The molecule has 4 rings (SSSR count). The van der Waals surface area contributed by atoms with Crippen LogP contribution in [-0.2, 0) is 33.6 Å². The number of likely N-dealkylation sites (N-methyl/N-ethyl adjacent to an activating group) is 1. The van der Waals surface area contributed by atoms with Crippen LogP contribution < -0.4 is 38.1 Å². The number of primary amides is 1. The molecule has 1 saturated carbocycles.